The van der Waals surface area contributed by atoms with Crippen LogP contribution in [0.4, 0.5) is 0 Å². The second kappa shape index (κ2) is 6.11. The fourth-order valence-electron chi connectivity index (χ4n) is 2.50. The first kappa shape index (κ1) is 16.2. The van der Waals surface area contributed by atoms with Gasteiger partial charge in [0.1, 0.15) is 6.04 Å². The van der Waals surface area contributed by atoms with Gasteiger partial charge in [0.15, 0.2) is 6.29 Å². The molecule has 3 rings (SSSR count). The van der Waals surface area contributed by atoms with E-state index >= 15 is 0 Å². The van der Waals surface area contributed by atoms with Crippen molar-refractivity contribution in [1.29, 1.82) is 0 Å². The highest BCUT2D eigenvalue weighted by atomic mass is 32.2. The van der Waals surface area contributed by atoms with E-state index in [4.69, 9.17) is 4.55 Å². The highest BCUT2D eigenvalue weighted by Crippen LogP contribution is 2.22. The molecule has 0 spiro atoms. The average molecular weight is 347 g/mol. The normalized spacial score (nSPS) is 22.8. The van der Waals surface area contributed by atoms with E-state index in [-0.39, 0.29) is 6.29 Å². The number of nitrogens with one attached hydrogen (secondary N) is 2. The quantitative estimate of drug-likeness (QED) is 0.420. The van der Waals surface area contributed by atoms with Crippen LogP contribution in [-0.4, -0.2) is 47.8 Å². The van der Waals surface area contributed by atoms with Crippen molar-refractivity contribution in [2.24, 2.45) is 4.99 Å². The Morgan fingerprint density at radius 3 is 2.75 bits per heavy atom. The summed E-state index contributed by atoms with van der Waals surface area (Å²) >= 11 is 0. The number of carbonyl (C=O) groups excluding carboxylic acids is 2. The molecule has 2 aromatic rings. The number of nitrogens with zero attached hydrogens (tertiary/aromatic N) is 1. The molecule has 1 aromatic heterocycles. The van der Waals surface area contributed by atoms with Crippen LogP contribution >= 0.6 is 0 Å². The van der Waals surface area contributed by atoms with Gasteiger partial charge < -0.3 is 4.98 Å². The molecule has 8 nitrogen and oxygen atoms in total. The maximum absolute atomic E-state index is 11.8. The molecule has 0 amide bonds. The van der Waals surface area contributed by atoms with E-state index in [9.17, 15) is 18.0 Å². The van der Waals surface area contributed by atoms with Gasteiger partial charge in [0.2, 0.25) is 11.3 Å². The summed E-state index contributed by atoms with van der Waals surface area (Å²) in [5.74, 6) is -0.860. The number of aliphatic imine (C=N–C) groups is 1. The molecule has 3 N–H and O–H groups in total. The molecule has 0 radical (unpaired) electrons. The van der Waals surface area contributed by atoms with Crippen LogP contribution in [0, 0.1) is 0 Å². The molecule has 1 aliphatic rings. The Hall–Kier alpha value is -2.62. The van der Waals surface area contributed by atoms with Crippen LogP contribution in [0.2, 0.25) is 0 Å². The Morgan fingerprint density at radius 2 is 2.04 bits per heavy atom. The standard InChI is InChI=1S/C15H13N3O5S/c19-8-13(20)14-10(7-17-15(18-14)24(21,22)23)5-9-6-16-12-4-2-1-3-11(9)12/h1-8,14-16,18H,(H,21,22,23). The van der Waals surface area contributed by atoms with Gasteiger partial charge in [-0.2, -0.15) is 8.42 Å². The van der Waals surface area contributed by atoms with Crippen LogP contribution in [0.15, 0.2) is 41.0 Å². The largest absolute Gasteiger partial charge is 0.361 e. The first-order chi connectivity index (χ1) is 11.4. The van der Waals surface area contributed by atoms with Gasteiger partial charge in [-0.3, -0.25) is 24.5 Å². The molecular formula is C15H13N3O5S. The summed E-state index contributed by atoms with van der Waals surface area (Å²) in [7, 11) is -4.53. The molecule has 2 heterocycles. The molecule has 2 atom stereocenters. The topological polar surface area (TPSA) is 129 Å². The number of carbonyl (C=O) groups is 2. The van der Waals surface area contributed by atoms with Crippen molar-refractivity contribution < 1.29 is 22.6 Å². The molecular weight excluding hydrogens is 334 g/mol. The number of aromatic nitrogens is 1. The summed E-state index contributed by atoms with van der Waals surface area (Å²) in [6.07, 6.45) is 4.62. The number of fused-ring (bicyclic) bond motifs is 1. The Labute approximate surface area is 137 Å². The first-order valence-corrected chi connectivity index (χ1v) is 8.43. The van der Waals surface area contributed by atoms with E-state index in [2.05, 4.69) is 15.3 Å². The predicted molar refractivity (Wildman–Crippen MR) is 88.1 cm³/mol. The number of H-pyrrole nitrogens is 1. The molecule has 2 unspecified atom stereocenters. The number of aromatic amines is 1. The minimum Gasteiger partial charge on any atom is -0.361 e. The number of Topliss-reactive ketones (excluding diaryl/α,β-unsaturated/α-hetero) is 1. The van der Waals surface area contributed by atoms with Gasteiger partial charge in [-0.15, -0.1) is 0 Å². The number of aldehydes is 1. The molecule has 1 aromatic carbocycles. The lowest BCUT2D eigenvalue weighted by Crippen LogP contribution is -2.50. The summed E-state index contributed by atoms with van der Waals surface area (Å²) in [5, 5.41) is 3.26. The smallest absolute Gasteiger partial charge is 0.302 e. The summed E-state index contributed by atoms with van der Waals surface area (Å²) in [4.78, 5) is 29.4. The SMILES string of the molecule is O=CC(=O)C1NC(S(=O)(=O)O)N=CC1=Cc1c[nH]c2ccccc12. The Balaban J connectivity index is 2.06. The van der Waals surface area contributed by atoms with Crippen LogP contribution in [0.1, 0.15) is 5.56 Å². The van der Waals surface area contributed by atoms with E-state index in [0.717, 1.165) is 16.5 Å². The van der Waals surface area contributed by atoms with E-state index < -0.39 is 27.4 Å². The van der Waals surface area contributed by atoms with E-state index in [1.807, 2.05) is 24.3 Å². The van der Waals surface area contributed by atoms with Gasteiger partial charge in [-0.1, -0.05) is 18.2 Å². The monoisotopic (exact) mass is 347 g/mol. The van der Waals surface area contributed by atoms with E-state index in [1.54, 1.807) is 12.3 Å². The van der Waals surface area contributed by atoms with Gasteiger partial charge in [-0.05, 0) is 17.7 Å². The van der Waals surface area contributed by atoms with Gasteiger partial charge in [-0.25, -0.2) is 0 Å². The molecule has 0 saturated heterocycles. The van der Waals surface area contributed by atoms with Crippen molar-refractivity contribution >= 4 is 45.4 Å². The van der Waals surface area contributed by atoms with E-state index in [1.165, 1.54) is 6.21 Å². The first-order valence-electron chi connectivity index (χ1n) is 6.92. The van der Waals surface area contributed by atoms with Gasteiger partial charge in [0, 0.05) is 28.9 Å². The zero-order valence-corrected chi connectivity index (χ0v) is 13.0. The second-order valence-electron chi connectivity index (χ2n) is 5.20. The van der Waals surface area contributed by atoms with Crippen LogP contribution in [0.5, 0.6) is 0 Å². The molecule has 0 saturated carbocycles. The number of para-hydroxylation sites is 1. The third kappa shape index (κ3) is 3.04. The van der Waals surface area contributed by atoms with Crippen LogP contribution in [0.3, 0.4) is 0 Å². The van der Waals surface area contributed by atoms with Crippen molar-refractivity contribution in [2.45, 2.75) is 11.5 Å². The Morgan fingerprint density at radius 1 is 1.29 bits per heavy atom. The van der Waals surface area contributed by atoms with Gasteiger partial charge >= 0.3 is 10.1 Å². The van der Waals surface area contributed by atoms with Crippen molar-refractivity contribution in [3.8, 4) is 0 Å². The molecule has 0 aliphatic carbocycles. The summed E-state index contributed by atoms with van der Waals surface area (Å²) in [5.41, 5.74) is 0.269. The number of rotatable bonds is 4. The minimum atomic E-state index is -4.53. The number of ketones is 1. The fraction of sp³-hybridized carbons (Fsp3) is 0.133. The lowest BCUT2D eigenvalue weighted by Gasteiger charge is -2.24. The van der Waals surface area contributed by atoms with Gasteiger partial charge in [0.05, 0.1) is 0 Å². The molecule has 124 valence electrons. The maximum atomic E-state index is 11.8. The molecule has 0 bridgehead atoms. The lowest BCUT2D eigenvalue weighted by atomic mass is 10.00. The highest BCUT2D eigenvalue weighted by molar-refractivity contribution is 7.86. The van der Waals surface area contributed by atoms with Crippen molar-refractivity contribution in [1.82, 2.24) is 10.3 Å². The average Bonchev–Trinajstić information content (AvgIpc) is 2.97. The summed E-state index contributed by atoms with van der Waals surface area (Å²) in [6.45, 7) is 0. The summed E-state index contributed by atoms with van der Waals surface area (Å²) in [6, 6.07) is 6.28. The molecule has 0 fully saturated rings. The summed E-state index contributed by atoms with van der Waals surface area (Å²) < 4.78 is 31.5. The predicted octanol–water partition coefficient (Wildman–Crippen LogP) is 0.533. The number of hydrogen-bond acceptors (Lipinski definition) is 6. The van der Waals surface area contributed by atoms with Crippen LogP contribution in [0.25, 0.3) is 17.0 Å². The Bertz CT molecular complexity index is 974. The zero-order chi connectivity index (χ0) is 17.3. The number of benzene rings is 1. The second-order valence-corrected chi connectivity index (χ2v) is 6.68. The van der Waals surface area contributed by atoms with Crippen molar-refractivity contribution in [2.75, 3.05) is 0 Å². The zero-order valence-electron chi connectivity index (χ0n) is 12.2. The Kier molecular flexibility index (Phi) is 4.14. The van der Waals surface area contributed by atoms with Crippen molar-refractivity contribution in [3.63, 3.8) is 0 Å². The van der Waals surface area contributed by atoms with E-state index in [0.29, 0.717) is 5.57 Å². The van der Waals surface area contributed by atoms with Crippen LogP contribution in [-0.2, 0) is 19.7 Å². The number of hydrogen-bond donors (Lipinski definition) is 3. The maximum Gasteiger partial charge on any atom is 0.302 e. The third-order valence-electron chi connectivity index (χ3n) is 3.63. The molecule has 9 heteroatoms. The third-order valence-corrected chi connectivity index (χ3v) is 4.45. The minimum absolute atomic E-state index is 0.0982. The fourth-order valence-corrected chi connectivity index (χ4v) is 3.02. The molecule has 1 aliphatic heterocycles. The molecule has 24 heavy (non-hydrogen) atoms. The van der Waals surface area contributed by atoms with Crippen LogP contribution < -0.4 is 5.32 Å². The van der Waals surface area contributed by atoms with Crippen molar-refractivity contribution in [3.05, 3.63) is 41.6 Å². The van der Waals surface area contributed by atoms with Gasteiger partial charge in [0.25, 0.3) is 0 Å². The highest BCUT2D eigenvalue weighted by Gasteiger charge is 2.33. The lowest BCUT2D eigenvalue weighted by molar-refractivity contribution is -0.130.